The molecule has 0 atom stereocenters. The van der Waals surface area contributed by atoms with E-state index < -0.39 is 5.97 Å². The molecule has 2 rings (SSSR count). The second-order valence-electron chi connectivity index (χ2n) is 4.68. The summed E-state index contributed by atoms with van der Waals surface area (Å²) in [6.07, 6.45) is 3.29. The number of carboxylic acids is 1. The topological polar surface area (TPSA) is 61.1 Å². The fraction of sp³-hybridized carbons (Fsp3) is 0.429. The quantitative estimate of drug-likeness (QED) is 0.847. The van der Waals surface area contributed by atoms with Gasteiger partial charge in [-0.15, -0.1) is 0 Å². The van der Waals surface area contributed by atoms with Crippen LogP contribution < -0.4 is 0 Å². The van der Waals surface area contributed by atoms with Gasteiger partial charge in [0, 0.05) is 0 Å². The van der Waals surface area contributed by atoms with E-state index >= 15 is 0 Å². The van der Waals surface area contributed by atoms with Gasteiger partial charge in [-0.1, -0.05) is 6.42 Å². The SMILES string of the molecule is Cc1c(C#N)cc(C(=O)O)c(C2CCC2)c1C. The fourth-order valence-corrected chi connectivity index (χ4v) is 2.45. The Labute approximate surface area is 101 Å². The monoisotopic (exact) mass is 229 g/mol. The van der Waals surface area contributed by atoms with Crippen LogP contribution in [-0.2, 0) is 0 Å². The maximum Gasteiger partial charge on any atom is 0.336 e. The van der Waals surface area contributed by atoms with Crippen LogP contribution in [-0.4, -0.2) is 11.1 Å². The summed E-state index contributed by atoms with van der Waals surface area (Å²) in [6, 6.07) is 3.60. The summed E-state index contributed by atoms with van der Waals surface area (Å²) in [6.45, 7) is 3.82. The van der Waals surface area contributed by atoms with Gasteiger partial charge in [0.15, 0.2) is 0 Å². The largest absolute Gasteiger partial charge is 0.478 e. The minimum atomic E-state index is -0.925. The Kier molecular flexibility index (Phi) is 2.89. The van der Waals surface area contributed by atoms with E-state index in [0.29, 0.717) is 17.0 Å². The maximum atomic E-state index is 11.3. The van der Waals surface area contributed by atoms with Gasteiger partial charge in [-0.2, -0.15) is 5.26 Å². The Morgan fingerprint density at radius 3 is 2.47 bits per heavy atom. The number of benzene rings is 1. The molecule has 88 valence electrons. The van der Waals surface area contributed by atoms with E-state index in [9.17, 15) is 9.90 Å². The van der Waals surface area contributed by atoms with Crippen molar-refractivity contribution in [2.75, 3.05) is 0 Å². The lowest BCUT2D eigenvalue weighted by molar-refractivity contribution is 0.0694. The summed E-state index contributed by atoms with van der Waals surface area (Å²) in [7, 11) is 0. The molecule has 0 bridgehead atoms. The van der Waals surface area contributed by atoms with Crippen LogP contribution in [0.3, 0.4) is 0 Å². The van der Waals surface area contributed by atoms with Gasteiger partial charge >= 0.3 is 5.97 Å². The van der Waals surface area contributed by atoms with Crippen molar-refractivity contribution in [3.05, 3.63) is 33.9 Å². The zero-order chi connectivity index (χ0) is 12.6. The highest BCUT2D eigenvalue weighted by molar-refractivity contribution is 5.91. The number of nitrogens with zero attached hydrogens (tertiary/aromatic N) is 1. The highest BCUT2D eigenvalue weighted by Gasteiger charge is 2.27. The summed E-state index contributed by atoms with van der Waals surface area (Å²) in [5, 5.41) is 18.3. The molecule has 1 aliphatic carbocycles. The molecule has 0 unspecified atom stereocenters. The molecule has 3 heteroatoms. The third-order valence-corrected chi connectivity index (χ3v) is 3.81. The molecule has 0 aliphatic heterocycles. The summed E-state index contributed by atoms with van der Waals surface area (Å²) in [5.74, 6) is -0.556. The first-order valence-electron chi connectivity index (χ1n) is 5.83. The van der Waals surface area contributed by atoms with Crippen LogP contribution in [0.1, 0.15) is 57.8 Å². The van der Waals surface area contributed by atoms with Crippen molar-refractivity contribution in [2.45, 2.75) is 39.0 Å². The number of nitriles is 1. The molecule has 1 saturated carbocycles. The lowest BCUT2D eigenvalue weighted by atomic mass is 9.75. The number of carbonyl (C=O) groups is 1. The first kappa shape index (κ1) is 11.7. The predicted molar refractivity (Wildman–Crippen MR) is 64.2 cm³/mol. The summed E-state index contributed by atoms with van der Waals surface area (Å²) in [5.41, 5.74) is 3.63. The molecule has 0 amide bonds. The first-order chi connectivity index (χ1) is 8.06. The Morgan fingerprint density at radius 2 is 2.06 bits per heavy atom. The van der Waals surface area contributed by atoms with Gasteiger partial charge in [-0.25, -0.2) is 4.79 Å². The van der Waals surface area contributed by atoms with E-state index in [1.165, 1.54) is 12.5 Å². The molecule has 1 aliphatic rings. The molecule has 3 nitrogen and oxygen atoms in total. The number of hydrogen-bond donors (Lipinski definition) is 1. The molecule has 0 saturated heterocycles. The van der Waals surface area contributed by atoms with Gasteiger partial charge in [0.25, 0.3) is 0 Å². The maximum absolute atomic E-state index is 11.3. The van der Waals surface area contributed by atoms with Crippen molar-refractivity contribution in [3.8, 4) is 6.07 Å². The number of aromatic carboxylic acids is 1. The van der Waals surface area contributed by atoms with Crippen LogP contribution in [0.4, 0.5) is 0 Å². The van der Waals surface area contributed by atoms with E-state index in [2.05, 4.69) is 6.07 Å². The lowest BCUT2D eigenvalue weighted by Gasteiger charge is -2.29. The van der Waals surface area contributed by atoms with Crippen LogP contribution in [0.5, 0.6) is 0 Å². The molecule has 0 aromatic heterocycles. The van der Waals surface area contributed by atoms with Gasteiger partial charge < -0.3 is 5.11 Å². The van der Waals surface area contributed by atoms with E-state index in [1.807, 2.05) is 13.8 Å². The fourth-order valence-electron chi connectivity index (χ4n) is 2.45. The van der Waals surface area contributed by atoms with Crippen molar-refractivity contribution < 1.29 is 9.90 Å². The van der Waals surface area contributed by atoms with Crippen LogP contribution in [0.2, 0.25) is 0 Å². The average molecular weight is 229 g/mol. The Hall–Kier alpha value is -1.82. The second kappa shape index (κ2) is 4.21. The van der Waals surface area contributed by atoms with Gasteiger partial charge in [-0.3, -0.25) is 0 Å². The Balaban J connectivity index is 2.67. The molecule has 17 heavy (non-hydrogen) atoms. The van der Waals surface area contributed by atoms with Crippen molar-refractivity contribution >= 4 is 5.97 Å². The van der Waals surface area contributed by atoms with Gasteiger partial charge in [0.1, 0.15) is 0 Å². The molecule has 1 N–H and O–H groups in total. The average Bonchev–Trinajstić information content (AvgIpc) is 2.22. The zero-order valence-corrected chi connectivity index (χ0v) is 10.1. The number of rotatable bonds is 2. The Bertz CT molecular complexity index is 522. The molecular formula is C14H15NO2. The minimum absolute atomic E-state index is 0.314. The van der Waals surface area contributed by atoms with Gasteiger partial charge in [0.2, 0.25) is 0 Å². The second-order valence-corrected chi connectivity index (χ2v) is 4.68. The molecule has 1 aromatic carbocycles. The van der Waals surface area contributed by atoms with Crippen molar-refractivity contribution in [2.24, 2.45) is 0 Å². The van der Waals surface area contributed by atoms with Crippen LogP contribution in [0.25, 0.3) is 0 Å². The highest BCUT2D eigenvalue weighted by atomic mass is 16.4. The van der Waals surface area contributed by atoms with Gasteiger partial charge in [-0.05, 0) is 55.4 Å². The number of carboxylic acid groups (broad SMARTS) is 1. The lowest BCUT2D eigenvalue weighted by Crippen LogP contribution is -2.16. The van der Waals surface area contributed by atoms with Crippen molar-refractivity contribution in [1.29, 1.82) is 5.26 Å². The molecule has 0 spiro atoms. The van der Waals surface area contributed by atoms with Gasteiger partial charge in [0.05, 0.1) is 17.2 Å². The summed E-state index contributed by atoms with van der Waals surface area (Å²) >= 11 is 0. The normalized spacial score (nSPS) is 15.1. The standard InChI is InChI=1S/C14H15NO2/c1-8-9(2)13(10-4-3-5-10)12(14(16)17)6-11(8)7-15/h6,10H,3-5H2,1-2H3,(H,16,17). The van der Waals surface area contributed by atoms with Crippen molar-refractivity contribution in [1.82, 2.24) is 0 Å². The van der Waals surface area contributed by atoms with E-state index in [-0.39, 0.29) is 0 Å². The smallest absolute Gasteiger partial charge is 0.336 e. The third kappa shape index (κ3) is 1.80. The molecule has 1 aromatic rings. The van der Waals surface area contributed by atoms with Crippen molar-refractivity contribution in [3.63, 3.8) is 0 Å². The Morgan fingerprint density at radius 1 is 1.41 bits per heavy atom. The first-order valence-corrected chi connectivity index (χ1v) is 5.83. The summed E-state index contributed by atoms with van der Waals surface area (Å²) < 4.78 is 0. The molecule has 0 heterocycles. The molecule has 0 radical (unpaired) electrons. The summed E-state index contributed by atoms with van der Waals surface area (Å²) in [4.78, 5) is 11.3. The zero-order valence-electron chi connectivity index (χ0n) is 10.1. The van der Waals surface area contributed by atoms with Crippen LogP contribution in [0.15, 0.2) is 6.07 Å². The third-order valence-electron chi connectivity index (χ3n) is 3.81. The number of hydrogen-bond acceptors (Lipinski definition) is 2. The molecular weight excluding hydrogens is 214 g/mol. The van der Waals surface area contributed by atoms with E-state index in [0.717, 1.165) is 29.5 Å². The van der Waals surface area contributed by atoms with E-state index in [1.54, 1.807) is 0 Å². The highest BCUT2D eigenvalue weighted by Crippen LogP contribution is 2.41. The van der Waals surface area contributed by atoms with E-state index in [4.69, 9.17) is 5.26 Å². The predicted octanol–water partition coefficient (Wildman–Crippen LogP) is 3.14. The minimum Gasteiger partial charge on any atom is -0.478 e. The van der Waals surface area contributed by atoms with Crippen LogP contribution >= 0.6 is 0 Å². The molecule has 1 fully saturated rings. The van der Waals surface area contributed by atoms with Crippen LogP contribution in [0, 0.1) is 25.2 Å².